The van der Waals surface area contributed by atoms with Gasteiger partial charge < -0.3 is 31.3 Å². The van der Waals surface area contributed by atoms with Crippen LogP contribution in [0.25, 0.3) is 0 Å². The first-order valence-corrected chi connectivity index (χ1v) is 14.3. The van der Waals surface area contributed by atoms with E-state index in [9.17, 15) is 4.79 Å². The topological polar surface area (TPSA) is 124 Å². The van der Waals surface area contributed by atoms with E-state index in [0.717, 1.165) is 29.3 Å². The molecule has 234 valence electrons. The molecule has 41 heavy (non-hydrogen) atoms. The average molecular weight is 592 g/mol. The van der Waals surface area contributed by atoms with Crippen LogP contribution in [0.2, 0.25) is 0 Å². The lowest BCUT2D eigenvalue weighted by molar-refractivity contribution is -0.123. The van der Waals surface area contributed by atoms with E-state index in [-0.39, 0.29) is 11.9 Å². The number of amides is 1. The second kappa shape index (κ2) is 31.3. The second-order valence-corrected chi connectivity index (χ2v) is 9.07. The van der Waals surface area contributed by atoms with Gasteiger partial charge in [0.05, 0.1) is 19.1 Å². The normalized spacial score (nSPS) is 10.6. The molecule has 0 heterocycles. The summed E-state index contributed by atoms with van der Waals surface area (Å²) in [5.41, 5.74) is 5.67. The summed E-state index contributed by atoms with van der Waals surface area (Å²) in [6, 6.07) is 10.5. The lowest BCUT2D eigenvalue weighted by Gasteiger charge is -2.17. The number of benzene rings is 1. The lowest BCUT2D eigenvalue weighted by atomic mass is 10.1. The molecule has 0 aliphatic carbocycles. The van der Waals surface area contributed by atoms with Gasteiger partial charge in [-0.3, -0.25) is 10.6 Å². The molecule has 9 nitrogen and oxygen atoms in total. The number of likely N-dealkylation sites (N-methyl/N-ethyl adjacent to an activating group) is 1. The molecule has 1 rings (SSSR count). The van der Waals surface area contributed by atoms with E-state index in [2.05, 4.69) is 109 Å². The van der Waals surface area contributed by atoms with Gasteiger partial charge in [0.25, 0.3) is 0 Å². The first-order valence-electron chi connectivity index (χ1n) is 13.8. The zero-order valence-corrected chi connectivity index (χ0v) is 26.9. The zero-order valence-electron chi connectivity index (χ0n) is 26.0. The van der Waals surface area contributed by atoms with Crippen molar-refractivity contribution in [2.45, 2.75) is 59.0 Å². The third-order valence-electron chi connectivity index (χ3n) is 4.81. The summed E-state index contributed by atoms with van der Waals surface area (Å²) in [6.07, 6.45) is 5.60. The molecule has 1 aromatic rings. The fourth-order valence-corrected chi connectivity index (χ4v) is 3.07. The first-order chi connectivity index (χ1) is 19.6. The van der Waals surface area contributed by atoms with Gasteiger partial charge in [-0.25, -0.2) is 5.43 Å². The summed E-state index contributed by atoms with van der Waals surface area (Å²) >= 11 is 4.04. The molecular formula is C31H57N7O2S. The van der Waals surface area contributed by atoms with Crippen LogP contribution in [0.15, 0.2) is 91.9 Å². The van der Waals surface area contributed by atoms with Gasteiger partial charge in [-0.15, -0.1) is 12.6 Å². The summed E-state index contributed by atoms with van der Waals surface area (Å²) < 4.78 is 4.77. The number of thiol groups is 1. The number of nitrogens with one attached hydrogen (secondary N) is 6. The Bertz CT molecular complexity index is 835. The van der Waals surface area contributed by atoms with Crippen molar-refractivity contribution in [1.29, 1.82) is 0 Å². The molecule has 0 aromatic heterocycles. The Hall–Kier alpha value is -3.18. The largest absolute Gasteiger partial charge is 0.386 e. The average Bonchev–Trinajstić information content (AvgIpc) is 2.96. The van der Waals surface area contributed by atoms with E-state index in [1.807, 2.05) is 26.8 Å². The van der Waals surface area contributed by atoms with E-state index in [1.165, 1.54) is 5.56 Å². The van der Waals surface area contributed by atoms with E-state index < -0.39 is 0 Å². The molecule has 1 aromatic carbocycles. The molecule has 1 amide bonds. The Morgan fingerprint density at radius 3 is 2.05 bits per heavy atom. The Morgan fingerprint density at radius 2 is 1.59 bits per heavy atom. The number of carbonyl (C=O) groups excluding carboxylic acids is 1. The van der Waals surface area contributed by atoms with Gasteiger partial charge in [-0.05, 0) is 56.0 Å². The van der Waals surface area contributed by atoms with E-state index in [4.69, 9.17) is 10.6 Å². The van der Waals surface area contributed by atoms with Crippen LogP contribution < -0.4 is 37.9 Å². The number of allylic oxidation sites excluding steroid dienone is 1. The smallest absolute Gasteiger partial charge is 0.238 e. The minimum Gasteiger partial charge on any atom is -0.386 e. The van der Waals surface area contributed by atoms with E-state index in [1.54, 1.807) is 19.5 Å². The van der Waals surface area contributed by atoms with Crippen molar-refractivity contribution in [3.05, 3.63) is 97.5 Å². The van der Waals surface area contributed by atoms with Crippen LogP contribution in [0.3, 0.4) is 0 Å². The van der Waals surface area contributed by atoms with Crippen molar-refractivity contribution < 1.29 is 9.53 Å². The Morgan fingerprint density at radius 1 is 1.02 bits per heavy atom. The minimum absolute atomic E-state index is 0.0837. The number of hydrazine groups is 1. The zero-order chi connectivity index (χ0) is 31.9. The molecule has 0 spiro atoms. The highest BCUT2D eigenvalue weighted by Crippen LogP contribution is 2.08. The van der Waals surface area contributed by atoms with Crippen molar-refractivity contribution in [2.24, 2.45) is 5.84 Å². The quantitative estimate of drug-likeness (QED) is 0.0524. The Kier molecular flexibility index (Phi) is 32.3. The predicted molar refractivity (Wildman–Crippen MR) is 181 cm³/mol. The van der Waals surface area contributed by atoms with Crippen LogP contribution in [0.5, 0.6) is 0 Å². The van der Waals surface area contributed by atoms with Gasteiger partial charge in [-0.1, -0.05) is 77.1 Å². The molecule has 0 fully saturated rings. The molecule has 0 aliphatic heterocycles. The van der Waals surface area contributed by atoms with Crippen molar-refractivity contribution in [3.8, 4) is 0 Å². The van der Waals surface area contributed by atoms with Crippen LogP contribution in [0, 0.1) is 0 Å². The molecule has 2 unspecified atom stereocenters. The third kappa shape index (κ3) is 29.6. The summed E-state index contributed by atoms with van der Waals surface area (Å²) in [5.74, 6) is 5.14. The number of methoxy groups -OCH3 is 1. The molecule has 0 saturated heterocycles. The Labute approximate surface area is 255 Å². The van der Waals surface area contributed by atoms with Gasteiger partial charge in [-0.2, -0.15) is 0 Å². The lowest BCUT2D eigenvalue weighted by Crippen LogP contribution is -2.47. The van der Waals surface area contributed by atoms with E-state index in [0.29, 0.717) is 38.7 Å². The van der Waals surface area contributed by atoms with Crippen molar-refractivity contribution in [1.82, 2.24) is 32.0 Å². The highest BCUT2D eigenvalue weighted by molar-refractivity contribution is 7.84. The molecule has 0 saturated carbocycles. The van der Waals surface area contributed by atoms with Gasteiger partial charge in [0.15, 0.2) is 0 Å². The van der Waals surface area contributed by atoms with Gasteiger partial charge in [0.1, 0.15) is 6.73 Å². The maximum Gasteiger partial charge on any atom is 0.238 e. The van der Waals surface area contributed by atoms with Crippen LogP contribution >= 0.6 is 12.6 Å². The van der Waals surface area contributed by atoms with Crippen LogP contribution in [0.4, 0.5) is 0 Å². The second-order valence-electron chi connectivity index (χ2n) is 8.44. The van der Waals surface area contributed by atoms with Gasteiger partial charge in [0, 0.05) is 31.1 Å². The molecule has 2 atom stereocenters. The number of nitrogens with two attached hydrogens (primary N) is 1. The molecule has 0 radical (unpaired) electrons. The maximum absolute atomic E-state index is 11.3. The number of carbonyl (C=O) groups is 1. The number of ether oxygens (including phenoxy) is 1. The van der Waals surface area contributed by atoms with Crippen LogP contribution in [-0.2, 0) is 16.0 Å². The SMILES string of the molecule is C=C(S)CCC(NN)C(=O)NCC.C=CNCC(=C)NC(C)Cc1ccccc1.C=CNCC(=C)NCOC.CC. The molecule has 10 heteroatoms. The van der Waals surface area contributed by atoms with Crippen molar-refractivity contribution in [3.63, 3.8) is 0 Å². The summed E-state index contributed by atoms with van der Waals surface area (Å²) in [6.45, 7) is 29.0. The minimum atomic E-state index is -0.358. The number of rotatable bonds is 19. The van der Waals surface area contributed by atoms with Crippen molar-refractivity contribution >= 4 is 18.5 Å². The summed E-state index contributed by atoms with van der Waals surface area (Å²) in [4.78, 5) is 12.0. The van der Waals surface area contributed by atoms with Gasteiger partial charge >= 0.3 is 0 Å². The standard InChI is InChI=1S/C14H20N2.C8H17N3OS.C7H14N2O.C2H6/c1-4-15-11-13(3)16-12(2)10-14-8-6-5-7-9-14;1-3-10-8(12)7(11-9)5-4-6(2)13;1-4-8-5-7(2)9-6-10-3;1-2/h4-9,12,15-16H,1,3,10-11H2,2H3;7,11,13H,2-5,9H2,1H3,(H,10,12);4,8-9H,1-2,5-6H2,3H3;1-2H3. The van der Waals surface area contributed by atoms with Crippen LogP contribution in [0.1, 0.15) is 46.1 Å². The highest BCUT2D eigenvalue weighted by Gasteiger charge is 2.14. The first kappa shape index (κ1) is 42.3. The molecule has 0 aliphatic rings. The Balaban J connectivity index is -0.000000526. The molecule has 8 N–H and O–H groups in total. The van der Waals surface area contributed by atoms with E-state index >= 15 is 0 Å². The van der Waals surface area contributed by atoms with Gasteiger partial charge in [0.2, 0.25) is 5.91 Å². The number of hydrogen-bond donors (Lipinski definition) is 8. The third-order valence-corrected chi connectivity index (χ3v) is 5.04. The molecular weight excluding hydrogens is 534 g/mol. The summed E-state index contributed by atoms with van der Waals surface area (Å²) in [5, 5.41) is 14.9. The highest BCUT2D eigenvalue weighted by atomic mass is 32.1. The maximum atomic E-state index is 11.3. The fourth-order valence-electron chi connectivity index (χ4n) is 2.94. The van der Waals surface area contributed by atoms with Crippen molar-refractivity contribution in [2.75, 3.05) is 33.5 Å². The molecule has 0 bridgehead atoms. The van der Waals surface area contributed by atoms with Crippen LogP contribution in [-0.4, -0.2) is 51.5 Å². The predicted octanol–water partition coefficient (Wildman–Crippen LogP) is 4.09. The summed E-state index contributed by atoms with van der Waals surface area (Å²) in [7, 11) is 1.63. The fraction of sp³-hybridized carbons (Fsp3) is 0.452. The monoisotopic (exact) mass is 591 g/mol. The number of hydrogen-bond acceptors (Lipinski definition) is 9.